The van der Waals surface area contributed by atoms with E-state index >= 15 is 0 Å². The van der Waals surface area contributed by atoms with E-state index in [4.69, 9.17) is 9.15 Å². The predicted octanol–water partition coefficient (Wildman–Crippen LogP) is 2.58. The van der Waals surface area contributed by atoms with Crippen LogP contribution in [0.3, 0.4) is 0 Å². The van der Waals surface area contributed by atoms with E-state index in [1.165, 1.54) is 0 Å². The molecule has 2 amide bonds. The van der Waals surface area contributed by atoms with Gasteiger partial charge in [-0.2, -0.15) is 0 Å². The Hall–Kier alpha value is -2.76. The lowest BCUT2D eigenvalue weighted by molar-refractivity contribution is -0.122. The van der Waals surface area contributed by atoms with Crippen LogP contribution in [0, 0.1) is 6.92 Å². The van der Waals surface area contributed by atoms with Crippen molar-refractivity contribution in [3.63, 3.8) is 0 Å². The lowest BCUT2D eigenvalue weighted by Gasteiger charge is -2.29. The van der Waals surface area contributed by atoms with Crippen molar-refractivity contribution in [2.45, 2.75) is 26.3 Å². The second-order valence-corrected chi connectivity index (χ2v) is 5.79. The number of fused-ring (bicyclic) bond motifs is 1. The predicted molar refractivity (Wildman–Crippen MR) is 88.9 cm³/mol. The molecular weight excluding hydrogens is 308 g/mol. The quantitative estimate of drug-likeness (QED) is 0.916. The Morgan fingerprint density at radius 3 is 2.83 bits per heavy atom. The molecule has 1 atom stereocenters. The minimum Gasteiger partial charge on any atom is -0.482 e. The number of anilines is 1. The normalized spacial score (nSPS) is 14.8. The van der Waals surface area contributed by atoms with Crippen LogP contribution in [0.2, 0.25) is 0 Å². The van der Waals surface area contributed by atoms with Crippen LogP contribution in [-0.2, 0) is 9.59 Å². The number of carbonyl (C=O) groups excluding carboxylic acids is 2. The Bertz CT molecular complexity index is 753. The number of ether oxygens (including phenoxy) is 1. The van der Waals surface area contributed by atoms with Gasteiger partial charge in [0.15, 0.2) is 6.61 Å². The maximum Gasteiger partial charge on any atom is 0.265 e. The molecule has 24 heavy (non-hydrogen) atoms. The number of rotatable bonds is 5. The van der Waals surface area contributed by atoms with Gasteiger partial charge in [0.1, 0.15) is 17.3 Å². The molecule has 2 heterocycles. The molecule has 3 rings (SSSR count). The highest BCUT2D eigenvalue weighted by atomic mass is 16.5. The summed E-state index contributed by atoms with van der Waals surface area (Å²) in [6, 6.07) is 10.8. The standard InChI is InChI=1S/C18H20N2O4/c1-12-7-8-15(24-12)13(2)19-17(21)9-10-20-14-5-3-4-6-16(14)23-11-18(20)22/h3-8,13H,9-11H2,1-2H3,(H,19,21)/t13-/m0/s1. The summed E-state index contributed by atoms with van der Waals surface area (Å²) in [6.45, 7) is 4.04. The summed E-state index contributed by atoms with van der Waals surface area (Å²) in [4.78, 5) is 25.8. The van der Waals surface area contributed by atoms with Crippen molar-refractivity contribution >= 4 is 17.5 Å². The monoisotopic (exact) mass is 328 g/mol. The van der Waals surface area contributed by atoms with E-state index in [0.717, 1.165) is 5.76 Å². The van der Waals surface area contributed by atoms with Crippen LogP contribution in [0.4, 0.5) is 5.69 Å². The number of hydrogen-bond acceptors (Lipinski definition) is 4. The number of aryl methyl sites for hydroxylation is 1. The van der Waals surface area contributed by atoms with E-state index in [-0.39, 0.29) is 30.9 Å². The molecule has 0 spiro atoms. The lowest BCUT2D eigenvalue weighted by Crippen LogP contribution is -2.41. The summed E-state index contributed by atoms with van der Waals surface area (Å²) in [5.74, 6) is 1.91. The highest BCUT2D eigenvalue weighted by Crippen LogP contribution is 2.31. The van der Waals surface area contributed by atoms with Gasteiger partial charge in [-0.1, -0.05) is 12.1 Å². The third-order valence-electron chi connectivity index (χ3n) is 3.94. The fourth-order valence-electron chi connectivity index (χ4n) is 2.68. The molecule has 0 unspecified atom stereocenters. The zero-order valence-electron chi connectivity index (χ0n) is 13.7. The Morgan fingerprint density at radius 1 is 1.29 bits per heavy atom. The minimum atomic E-state index is -0.209. The molecule has 6 heteroatoms. The molecule has 0 bridgehead atoms. The highest BCUT2D eigenvalue weighted by molar-refractivity contribution is 5.98. The van der Waals surface area contributed by atoms with Gasteiger partial charge >= 0.3 is 0 Å². The molecule has 126 valence electrons. The Kier molecular flexibility index (Phi) is 4.55. The second kappa shape index (κ2) is 6.78. The summed E-state index contributed by atoms with van der Waals surface area (Å²) >= 11 is 0. The van der Waals surface area contributed by atoms with E-state index in [1.54, 1.807) is 4.90 Å². The van der Waals surface area contributed by atoms with Gasteiger partial charge in [0.2, 0.25) is 5.91 Å². The van der Waals surface area contributed by atoms with Crippen LogP contribution in [-0.4, -0.2) is 25.0 Å². The van der Waals surface area contributed by atoms with Gasteiger partial charge < -0.3 is 19.4 Å². The SMILES string of the molecule is Cc1ccc([C@H](C)NC(=O)CCN2C(=O)COc3ccccc32)o1. The van der Waals surface area contributed by atoms with E-state index in [9.17, 15) is 9.59 Å². The van der Waals surface area contributed by atoms with Crippen molar-refractivity contribution < 1.29 is 18.7 Å². The van der Waals surface area contributed by atoms with Crippen LogP contribution in [0.5, 0.6) is 5.75 Å². The summed E-state index contributed by atoms with van der Waals surface area (Å²) in [6.07, 6.45) is 0.212. The van der Waals surface area contributed by atoms with Crippen LogP contribution in [0.15, 0.2) is 40.8 Å². The first-order chi connectivity index (χ1) is 11.5. The molecule has 0 radical (unpaired) electrons. The van der Waals surface area contributed by atoms with Crippen LogP contribution < -0.4 is 15.0 Å². The van der Waals surface area contributed by atoms with Crippen molar-refractivity contribution in [2.24, 2.45) is 0 Å². The first-order valence-corrected chi connectivity index (χ1v) is 7.92. The van der Waals surface area contributed by atoms with E-state index in [2.05, 4.69) is 5.32 Å². The fourth-order valence-corrected chi connectivity index (χ4v) is 2.68. The number of para-hydroxylation sites is 2. The first kappa shape index (κ1) is 16.1. The number of nitrogens with one attached hydrogen (secondary N) is 1. The average molecular weight is 328 g/mol. The number of carbonyl (C=O) groups is 2. The summed E-state index contributed by atoms with van der Waals surface area (Å²) in [5, 5.41) is 2.89. The van der Waals surface area contributed by atoms with Crippen molar-refractivity contribution in [3.8, 4) is 5.75 Å². The number of hydrogen-bond donors (Lipinski definition) is 1. The number of amides is 2. The maximum absolute atomic E-state index is 12.2. The Labute approximate surface area is 140 Å². The van der Waals surface area contributed by atoms with Gasteiger partial charge in [-0.15, -0.1) is 0 Å². The molecule has 1 aliphatic rings. The largest absolute Gasteiger partial charge is 0.482 e. The summed E-state index contributed by atoms with van der Waals surface area (Å²) < 4.78 is 10.9. The molecule has 6 nitrogen and oxygen atoms in total. The third-order valence-corrected chi connectivity index (χ3v) is 3.94. The molecule has 0 saturated carbocycles. The zero-order valence-corrected chi connectivity index (χ0v) is 13.7. The van der Waals surface area contributed by atoms with Gasteiger partial charge in [-0.05, 0) is 38.1 Å². The van der Waals surface area contributed by atoms with Gasteiger partial charge in [0.25, 0.3) is 5.91 Å². The third kappa shape index (κ3) is 3.42. The minimum absolute atomic E-state index is 0.000702. The highest BCUT2D eigenvalue weighted by Gasteiger charge is 2.25. The van der Waals surface area contributed by atoms with Crippen LogP contribution in [0.1, 0.15) is 30.9 Å². The molecule has 1 N–H and O–H groups in total. The van der Waals surface area contributed by atoms with Gasteiger partial charge in [-0.25, -0.2) is 0 Å². The molecule has 0 saturated heterocycles. The fraction of sp³-hybridized carbons (Fsp3) is 0.333. The van der Waals surface area contributed by atoms with E-state index in [1.807, 2.05) is 50.2 Å². The van der Waals surface area contributed by atoms with Crippen LogP contribution >= 0.6 is 0 Å². The topological polar surface area (TPSA) is 71.8 Å². The number of nitrogens with zero attached hydrogens (tertiary/aromatic N) is 1. The molecule has 2 aromatic rings. The van der Waals surface area contributed by atoms with Gasteiger partial charge in [0.05, 0.1) is 11.7 Å². The van der Waals surface area contributed by atoms with Crippen molar-refractivity contribution in [1.82, 2.24) is 5.32 Å². The smallest absolute Gasteiger partial charge is 0.265 e. The average Bonchev–Trinajstić information content (AvgIpc) is 3.00. The van der Waals surface area contributed by atoms with Crippen molar-refractivity contribution in [3.05, 3.63) is 47.9 Å². The molecule has 1 aromatic heterocycles. The molecule has 1 aliphatic heterocycles. The van der Waals surface area contributed by atoms with Crippen LogP contribution in [0.25, 0.3) is 0 Å². The Balaban J connectivity index is 1.59. The van der Waals surface area contributed by atoms with Gasteiger partial charge in [0, 0.05) is 13.0 Å². The second-order valence-electron chi connectivity index (χ2n) is 5.79. The van der Waals surface area contributed by atoms with E-state index < -0.39 is 0 Å². The first-order valence-electron chi connectivity index (χ1n) is 7.92. The molecule has 1 aromatic carbocycles. The van der Waals surface area contributed by atoms with Gasteiger partial charge in [-0.3, -0.25) is 9.59 Å². The Morgan fingerprint density at radius 2 is 2.08 bits per heavy atom. The maximum atomic E-state index is 12.2. The van der Waals surface area contributed by atoms with Crippen molar-refractivity contribution in [2.75, 3.05) is 18.1 Å². The summed E-state index contributed by atoms with van der Waals surface area (Å²) in [7, 11) is 0. The van der Waals surface area contributed by atoms with E-state index in [0.29, 0.717) is 23.7 Å². The molecular formula is C18H20N2O4. The van der Waals surface area contributed by atoms with Crippen molar-refractivity contribution in [1.29, 1.82) is 0 Å². The molecule has 0 aliphatic carbocycles. The molecule has 0 fully saturated rings. The summed E-state index contributed by atoms with van der Waals surface area (Å²) in [5.41, 5.74) is 0.705. The zero-order chi connectivity index (χ0) is 17.1. The number of benzene rings is 1. The number of furan rings is 1. The lowest BCUT2D eigenvalue weighted by atomic mass is 10.2.